The summed E-state index contributed by atoms with van der Waals surface area (Å²) in [7, 11) is 0. The van der Waals surface area contributed by atoms with Crippen LogP contribution in [0, 0.1) is 5.41 Å². The van der Waals surface area contributed by atoms with Crippen LogP contribution in [0.2, 0.25) is 0 Å². The number of aryl methyl sites for hydroxylation is 1. The zero-order valence-electron chi connectivity index (χ0n) is 13.4. The molecule has 1 aromatic carbocycles. The van der Waals surface area contributed by atoms with Crippen molar-refractivity contribution in [3.05, 3.63) is 29.8 Å². The van der Waals surface area contributed by atoms with Crippen molar-refractivity contribution in [3.63, 3.8) is 0 Å². The van der Waals surface area contributed by atoms with Crippen LogP contribution in [0.3, 0.4) is 0 Å². The molecule has 0 saturated carbocycles. The third-order valence-electron chi connectivity index (χ3n) is 5.20. The summed E-state index contributed by atoms with van der Waals surface area (Å²) in [6.45, 7) is 6.27. The van der Waals surface area contributed by atoms with Gasteiger partial charge in [0.2, 0.25) is 0 Å². The molecular weight excluding hydrogens is 276 g/mol. The number of piperidine rings is 1. The number of nitrogens with zero attached hydrogens (tertiary/aromatic N) is 1. The van der Waals surface area contributed by atoms with Gasteiger partial charge in [-0.3, -0.25) is 4.79 Å². The van der Waals surface area contributed by atoms with Crippen LogP contribution >= 0.6 is 0 Å². The van der Waals surface area contributed by atoms with Gasteiger partial charge < -0.3 is 15.0 Å². The first-order valence-electron chi connectivity index (χ1n) is 8.41. The van der Waals surface area contributed by atoms with E-state index in [1.54, 1.807) is 0 Å². The van der Waals surface area contributed by atoms with Gasteiger partial charge in [-0.15, -0.1) is 0 Å². The van der Waals surface area contributed by atoms with Gasteiger partial charge in [-0.2, -0.15) is 0 Å². The molecule has 0 aromatic heterocycles. The molecule has 1 aromatic rings. The van der Waals surface area contributed by atoms with Gasteiger partial charge >= 0.3 is 0 Å². The Balaban J connectivity index is 1.46. The van der Waals surface area contributed by atoms with Gasteiger partial charge in [0, 0.05) is 19.6 Å². The molecule has 2 heterocycles. The number of hydrogen-bond donors (Lipinski definition) is 1. The predicted molar refractivity (Wildman–Crippen MR) is 87.0 cm³/mol. The molecule has 4 nitrogen and oxygen atoms in total. The normalized spacial score (nSPS) is 20.3. The van der Waals surface area contributed by atoms with E-state index >= 15 is 0 Å². The van der Waals surface area contributed by atoms with Gasteiger partial charge in [-0.05, 0) is 55.3 Å². The Kier molecular flexibility index (Phi) is 4.67. The van der Waals surface area contributed by atoms with Crippen LogP contribution < -0.4 is 10.1 Å². The SMILES string of the molecule is CCc1ccc(OCC(=O)N2CCC3(CCNC3)CC2)cc1. The van der Waals surface area contributed by atoms with Crippen LogP contribution in [0.1, 0.15) is 31.7 Å². The van der Waals surface area contributed by atoms with Gasteiger partial charge in [0.15, 0.2) is 6.61 Å². The van der Waals surface area contributed by atoms with Crippen molar-refractivity contribution in [2.24, 2.45) is 5.41 Å². The lowest BCUT2D eigenvalue weighted by Gasteiger charge is -2.38. The van der Waals surface area contributed by atoms with Crippen molar-refractivity contribution in [1.82, 2.24) is 10.2 Å². The summed E-state index contributed by atoms with van der Waals surface area (Å²) in [5, 5.41) is 3.45. The van der Waals surface area contributed by atoms with Crippen LogP contribution in [-0.4, -0.2) is 43.6 Å². The maximum Gasteiger partial charge on any atom is 0.260 e. The Morgan fingerprint density at radius 3 is 2.55 bits per heavy atom. The third-order valence-corrected chi connectivity index (χ3v) is 5.20. The summed E-state index contributed by atoms with van der Waals surface area (Å²) in [6.07, 6.45) is 4.52. The van der Waals surface area contributed by atoms with Crippen molar-refractivity contribution in [1.29, 1.82) is 0 Å². The number of hydrogen-bond acceptors (Lipinski definition) is 3. The molecule has 2 fully saturated rings. The summed E-state index contributed by atoms with van der Waals surface area (Å²) in [6, 6.07) is 8.00. The minimum atomic E-state index is 0.111. The third kappa shape index (κ3) is 3.43. The molecular formula is C18H26N2O2. The summed E-state index contributed by atoms with van der Waals surface area (Å²) < 4.78 is 5.63. The molecule has 0 atom stereocenters. The lowest BCUT2D eigenvalue weighted by atomic mass is 9.78. The van der Waals surface area contributed by atoms with Crippen LogP contribution in [-0.2, 0) is 11.2 Å². The van der Waals surface area contributed by atoms with E-state index in [4.69, 9.17) is 4.74 Å². The van der Waals surface area contributed by atoms with E-state index < -0.39 is 0 Å². The molecule has 2 saturated heterocycles. The smallest absolute Gasteiger partial charge is 0.260 e. The molecule has 120 valence electrons. The average molecular weight is 302 g/mol. The van der Waals surface area contributed by atoms with Gasteiger partial charge in [0.05, 0.1) is 0 Å². The summed E-state index contributed by atoms with van der Waals surface area (Å²) in [4.78, 5) is 14.2. The molecule has 1 spiro atoms. The van der Waals surface area contributed by atoms with Crippen LogP contribution in [0.15, 0.2) is 24.3 Å². The predicted octanol–water partition coefficient (Wildman–Crippen LogP) is 2.23. The van der Waals surface area contributed by atoms with Crippen molar-refractivity contribution < 1.29 is 9.53 Å². The Labute approximate surface area is 132 Å². The molecule has 22 heavy (non-hydrogen) atoms. The number of carbonyl (C=O) groups excluding carboxylic acids is 1. The van der Waals surface area contributed by atoms with E-state index in [0.717, 1.165) is 51.2 Å². The lowest BCUT2D eigenvalue weighted by molar-refractivity contribution is -0.135. The van der Waals surface area contributed by atoms with Crippen LogP contribution in [0.4, 0.5) is 0 Å². The molecule has 0 bridgehead atoms. The highest BCUT2D eigenvalue weighted by atomic mass is 16.5. The van der Waals surface area contributed by atoms with E-state index in [1.165, 1.54) is 12.0 Å². The summed E-state index contributed by atoms with van der Waals surface area (Å²) in [5.41, 5.74) is 1.73. The van der Waals surface area contributed by atoms with Crippen molar-refractivity contribution in [3.8, 4) is 5.75 Å². The number of likely N-dealkylation sites (tertiary alicyclic amines) is 1. The van der Waals surface area contributed by atoms with E-state index in [2.05, 4.69) is 24.4 Å². The number of nitrogens with one attached hydrogen (secondary N) is 1. The number of ether oxygens (including phenoxy) is 1. The molecule has 2 aliphatic heterocycles. The second-order valence-corrected chi connectivity index (χ2v) is 6.59. The fourth-order valence-electron chi connectivity index (χ4n) is 3.51. The molecule has 2 aliphatic rings. The van der Waals surface area contributed by atoms with Gasteiger partial charge in [0.25, 0.3) is 5.91 Å². The average Bonchev–Trinajstić information content (AvgIpc) is 3.02. The monoisotopic (exact) mass is 302 g/mol. The maximum atomic E-state index is 12.3. The van der Waals surface area contributed by atoms with Gasteiger partial charge in [-0.1, -0.05) is 19.1 Å². The first-order chi connectivity index (χ1) is 10.7. The number of benzene rings is 1. The Morgan fingerprint density at radius 1 is 1.23 bits per heavy atom. The number of carbonyl (C=O) groups is 1. The molecule has 0 radical (unpaired) electrons. The fraction of sp³-hybridized carbons (Fsp3) is 0.611. The van der Waals surface area contributed by atoms with E-state index in [0.29, 0.717) is 5.41 Å². The lowest BCUT2D eigenvalue weighted by Crippen LogP contribution is -2.45. The van der Waals surface area contributed by atoms with Gasteiger partial charge in [-0.25, -0.2) is 0 Å². The second kappa shape index (κ2) is 6.69. The van der Waals surface area contributed by atoms with E-state index in [9.17, 15) is 4.79 Å². The highest BCUT2D eigenvalue weighted by molar-refractivity contribution is 5.77. The van der Waals surface area contributed by atoms with Crippen LogP contribution in [0.5, 0.6) is 5.75 Å². The summed E-state index contributed by atoms with van der Waals surface area (Å²) in [5.74, 6) is 0.888. The standard InChI is InChI=1S/C18H26N2O2/c1-2-15-3-5-16(6-4-15)22-13-17(21)20-11-8-18(9-12-20)7-10-19-14-18/h3-6,19H,2,7-14H2,1H3. The molecule has 0 unspecified atom stereocenters. The van der Waals surface area contributed by atoms with Crippen molar-refractivity contribution in [2.45, 2.75) is 32.6 Å². The quantitative estimate of drug-likeness (QED) is 0.927. The highest BCUT2D eigenvalue weighted by Crippen LogP contribution is 2.36. The topological polar surface area (TPSA) is 41.6 Å². The zero-order valence-corrected chi connectivity index (χ0v) is 13.4. The van der Waals surface area contributed by atoms with E-state index in [-0.39, 0.29) is 12.5 Å². The maximum absolute atomic E-state index is 12.3. The van der Waals surface area contributed by atoms with Crippen molar-refractivity contribution in [2.75, 3.05) is 32.8 Å². The first kappa shape index (κ1) is 15.3. The second-order valence-electron chi connectivity index (χ2n) is 6.59. The molecule has 0 aliphatic carbocycles. The largest absolute Gasteiger partial charge is 0.484 e. The Bertz CT molecular complexity index is 496. The van der Waals surface area contributed by atoms with E-state index in [1.807, 2.05) is 17.0 Å². The fourth-order valence-corrected chi connectivity index (χ4v) is 3.51. The number of rotatable bonds is 4. The Morgan fingerprint density at radius 2 is 1.95 bits per heavy atom. The van der Waals surface area contributed by atoms with Crippen LogP contribution in [0.25, 0.3) is 0 Å². The minimum absolute atomic E-state index is 0.111. The Hall–Kier alpha value is -1.55. The molecule has 1 N–H and O–H groups in total. The molecule has 4 heteroatoms. The van der Waals surface area contributed by atoms with Gasteiger partial charge in [0.1, 0.15) is 5.75 Å². The zero-order chi connectivity index (χ0) is 15.4. The minimum Gasteiger partial charge on any atom is -0.484 e. The van der Waals surface area contributed by atoms with Crippen molar-refractivity contribution >= 4 is 5.91 Å². The highest BCUT2D eigenvalue weighted by Gasteiger charge is 2.37. The summed E-state index contributed by atoms with van der Waals surface area (Å²) >= 11 is 0. The number of amides is 1. The molecule has 1 amide bonds. The molecule has 3 rings (SSSR count). The first-order valence-corrected chi connectivity index (χ1v) is 8.41.